The number of halogens is 4. The largest absolute Gasteiger partial charge is 0.465 e. The second-order valence-electron chi connectivity index (χ2n) is 5.21. The number of carbonyl (C=O) groups excluding carboxylic acids is 3. The van der Waals surface area contributed by atoms with E-state index in [1.54, 1.807) is 0 Å². The molecule has 0 aliphatic rings. The second kappa shape index (κ2) is 8.70. The molecule has 148 valence electrons. The summed E-state index contributed by atoms with van der Waals surface area (Å²) in [7, 11) is 1.14. The van der Waals surface area contributed by atoms with E-state index in [2.05, 4.69) is 15.0 Å². The average Bonchev–Trinajstić information content (AvgIpc) is 2.66. The molecule has 11 heteroatoms. The lowest BCUT2D eigenvalue weighted by molar-refractivity contribution is -0.137. The molecule has 0 bridgehead atoms. The van der Waals surface area contributed by atoms with Crippen LogP contribution in [-0.2, 0) is 20.4 Å². The minimum Gasteiger partial charge on any atom is -0.465 e. The van der Waals surface area contributed by atoms with E-state index in [0.717, 1.165) is 7.11 Å². The SMILES string of the molecule is COC(=O)c1ccccc1C(=O)OCC(=O)Nc1ncc(C(F)(F)F)cc1Cl. The van der Waals surface area contributed by atoms with Crippen molar-refractivity contribution in [2.75, 3.05) is 19.0 Å². The maximum atomic E-state index is 12.6. The number of alkyl halides is 3. The lowest BCUT2D eigenvalue weighted by Crippen LogP contribution is -2.23. The van der Waals surface area contributed by atoms with Crippen molar-refractivity contribution in [2.24, 2.45) is 0 Å². The number of nitrogens with one attached hydrogen (secondary N) is 1. The molecule has 7 nitrogen and oxygen atoms in total. The summed E-state index contributed by atoms with van der Waals surface area (Å²) in [6.45, 7) is -0.784. The van der Waals surface area contributed by atoms with Crippen LogP contribution in [0.2, 0.25) is 5.02 Å². The summed E-state index contributed by atoms with van der Waals surface area (Å²) in [6.07, 6.45) is -4.14. The predicted molar refractivity (Wildman–Crippen MR) is 90.9 cm³/mol. The van der Waals surface area contributed by atoms with Gasteiger partial charge in [-0.2, -0.15) is 13.2 Å². The van der Waals surface area contributed by atoms with Crippen LogP contribution in [0.1, 0.15) is 26.3 Å². The molecule has 0 aliphatic heterocycles. The molecular formula is C17H12ClF3N2O5. The first-order valence-corrected chi connectivity index (χ1v) is 7.88. The minimum absolute atomic E-state index is 0.0529. The smallest absolute Gasteiger partial charge is 0.417 e. The van der Waals surface area contributed by atoms with E-state index in [9.17, 15) is 27.6 Å². The summed E-state index contributed by atoms with van der Waals surface area (Å²) in [4.78, 5) is 39.0. The maximum Gasteiger partial charge on any atom is 0.417 e. The van der Waals surface area contributed by atoms with Gasteiger partial charge in [0.2, 0.25) is 0 Å². The van der Waals surface area contributed by atoms with Crippen molar-refractivity contribution >= 4 is 35.3 Å². The molecule has 0 saturated carbocycles. The van der Waals surface area contributed by atoms with Crippen LogP contribution in [0.5, 0.6) is 0 Å². The number of pyridine rings is 1. The molecule has 2 aromatic rings. The van der Waals surface area contributed by atoms with Crippen molar-refractivity contribution in [3.63, 3.8) is 0 Å². The van der Waals surface area contributed by atoms with Crippen LogP contribution < -0.4 is 5.32 Å². The summed E-state index contributed by atoms with van der Waals surface area (Å²) < 4.78 is 47.1. The highest BCUT2D eigenvalue weighted by Crippen LogP contribution is 2.32. The van der Waals surface area contributed by atoms with E-state index in [1.807, 2.05) is 0 Å². The first-order valence-electron chi connectivity index (χ1n) is 7.50. The van der Waals surface area contributed by atoms with Gasteiger partial charge in [-0.25, -0.2) is 14.6 Å². The lowest BCUT2D eigenvalue weighted by atomic mass is 10.1. The molecule has 0 saturated heterocycles. The Morgan fingerprint density at radius 2 is 1.75 bits per heavy atom. The van der Waals surface area contributed by atoms with E-state index < -0.39 is 41.2 Å². The summed E-state index contributed by atoms with van der Waals surface area (Å²) >= 11 is 5.67. The van der Waals surface area contributed by atoms with Gasteiger partial charge in [-0.15, -0.1) is 0 Å². The zero-order chi connectivity index (χ0) is 20.9. The molecule has 1 aromatic heterocycles. The van der Waals surface area contributed by atoms with Gasteiger partial charge in [0.25, 0.3) is 5.91 Å². The zero-order valence-corrected chi connectivity index (χ0v) is 14.9. The van der Waals surface area contributed by atoms with E-state index >= 15 is 0 Å². The van der Waals surface area contributed by atoms with Crippen molar-refractivity contribution < 1.29 is 37.0 Å². The number of ether oxygens (including phenoxy) is 2. The molecular weight excluding hydrogens is 405 g/mol. The molecule has 0 radical (unpaired) electrons. The van der Waals surface area contributed by atoms with Gasteiger partial charge in [-0.1, -0.05) is 23.7 Å². The van der Waals surface area contributed by atoms with Gasteiger partial charge < -0.3 is 14.8 Å². The highest BCUT2D eigenvalue weighted by Gasteiger charge is 2.31. The van der Waals surface area contributed by atoms with Gasteiger partial charge in [0.05, 0.1) is 28.8 Å². The van der Waals surface area contributed by atoms with Gasteiger partial charge in [-0.3, -0.25) is 4.79 Å². The third kappa shape index (κ3) is 5.19. The Morgan fingerprint density at radius 1 is 1.14 bits per heavy atom. The highest BCUT2D eigenvalue weighted by atomic mass is 35.5. The highest BCUT2D eigenvalue weighted by molar-refractivity contribution is 6.33. The number of nitrogens with zero attached hydrogens (tertiary/aromatic N) is 1. The zero-order valence-electron chi connectivity index (χ0n) is 14.2. The first kappa shape index (κ1) is 21.2. The molecule has 1 N–H and O–H groups in total. The maximum absolute atomic E-state index is 12.6. The van der Waals surface area contributed by atoms with E-state index in [-0.39, 0.29) is 16.9 Å². The summed E-state index contributed by atoms with van der Waals surface area (Å²) in [5.74, 6) is -2.95. The summed E-state index contributed by atoms with van der Waals surface area (Å²) in [6, 6.07) is 6.24. The van der Waals surface area contributed by atoms with E-state index in [4.69, 9.17) is 16.3 Å². The summed E-state index contributed by atoms with van der Waals surface area (Å²) in [5, 5.41) is 1.69. The fourth-order valence-corrected chi connectivity index (χ4v) is 2.22. The monoisotopic (exact) mass is 416 g/mol. The van der Waals surface area contributed by atoms with E-state index in [0.29, 0.717) is 12.3 Å². The number of aromatic nitrogens is 1. The molecule has 0 spiro atoms. The van der Waals surface area contributed by atoms with Crippen LogP contribution in [0.25, 0.3) is 0 Å². The number of hydrogen-bond donors (Lipinski definition) is 1. The molecule has 0 atom stereocenters. The number of benzene rings is 1. The van der Waals surface area contributed by atoms with Crippen LogP contribution in [0.3, 0.4) is 0 Å². The van der Waals surface area contributed by atoms with Crippen molar-refractivity contribution in [1.82, 2.24) is 4.98 Å². The molecule has 2 rings (SSSR count). The van der Waals surface area contributed by atoms with E-state index in [1.165, 1.54) is 24.3 Å². The quantitative estimate of drug-likeness (QED) is 0.751. The lowest BCUT2D eigenvalue weighted by Gasteiger charge is -2.11. The molecule has 28 heavy (non-hydrogen) atoms. The number of carbonyl (C=O) groups is 3. The van der Waals surface area contributed by atoms with Crippen molar-refractivity contribution in [2.45, 2.75) is 6.18 Å². The Kier molecular flexibility index (Phi) is 6.57. The van der Waals surface area contributed by atoms with Crippen molar-refractivity contribution in [1.29, 1.82) is 0 Å². The third-order valence-electron chi connectivity index (χ3n) is 3.31. The molecule has 1 heterocycles. The van der Waals surface area contributed by atoms with Gasteiger partial charge in [-0.05, 0) is 18.2 Å². The van der Waals surface area contributed by atoms with Crippen LogP contribution >= 0.6 is 11.6 Å². The van der Waals surface area contributed by atoms with Crippen LogP contribution in [-0.4, -0.2) is 36.5 Å². The number of esters is 2. The number of anilines is 1. The van der Waals surface area contributed by atoms with Crippen molar-refractivity contribution in [3.05, 3.63) is 58.2 Å². The number of rotatable bonds is 5. The summed E-state index contributed by atoms with van der Waals surface area (Å²) in [5.41, 5.74) is -1.25. The van der Waals surface area contributed by atoms with Gasteiger partial charge in [0.1, 0.15) is 0 Å². The van der Waals surface area contributed by atoms with Gasteiger partial charge in [0.15, 0.2) is 12.4 Å². The molecule has 1 aromatic carbocycles. The normalized spacial score (nSPS) is 10.9. The number of amides is 1. The Labute approximate surface area is 161 Å². The second-order valence-corrected chi connectivity index (χ2v) is 5.62. The molecule has 1 amide bonds. The number of hydrogen-bond acceptors (Lipinski definition) is 6. The Bertz CT molecular complexity index is 918. The fraction of sp³-hybridized carbons (Fsp3) is 0.176. The Hall–Kier alpha value is -3.14. The standard InChI is InChI=1S/C17H12ClF3N2O5/c1-27-15(25)10-4-2-3-5-11(10)16(26)28-8-13(24)23-14-12(18)6-9(7-22-14)17(19,20)21/h2-7H,8H2,1H3,(H,22,23,24). The minimum atomic E-state index is -4.64. The fourth-order valence-electron chi connectivity index (χ4n) is 2.01. The molecule has 0 unspecified atom stereocenters. The molecule has 0 aliphatic carbocycles. The molecule has 0 fully saturated rings. The van der Waals surface area contributed by atoms with Crippen molar-refractivity contribution in [3.8, 4) is 0 Å². The van der Waals surface area contributed by atoms with Crippen LogP contribution in [0, 0.1) is 0 Å². The topological polar surface area (TPSA) is 94.6 Å². The predicted octanol–water partition coefficient (Wildman–Crippen LogP) is 3.34. The first-order chi connectivity index (χ1) is 13.1. The third-order valence-corrected chi connectivity index (χ3v) is 3.60. The number of methoxy groups -OCH3 is 1. The Morgan fingerprint density at radius 3 is 2.29 bits per heavy atom. The van der Waals surface area contributed by atoms with Crippen LogP contribution in [0.4, 0.5) is 19.0 Å². The van der Waals surface area contributed by atoms with Crippen LogP contribution in [0.15, 0.2) is 36.5 Å². The van der Waals surface area contributed by atoms with Gasteiger partial charge in [0, 0.05) is 6.20 Å². The Balaban J connectivity index is 2.02. The van der Waals surface area contributed by atoms with Gasteiger partial charge >= 0.3 is 18.1 Å². The average molecular weight is 417 g/mol.